The molecule has 21 heavy (non-hydrogen) atoms. The predicted octanol–water partition coefficient (Wildman–Crippen LogP) is 3.84. The minimum Gasteiger partial charge on any atom is -0.342 e. The highest BCUT2D eigenvalue weighted by Crippen LogP contribution is 2.27. The Morgan fingerprint density at radius 1 is 1.29 bits per heavy atom. The van der Waals surface area contributed by atoms with Gasteiger partial charge >= 0.3 is 0 Å². The van der Waals surface area contributed by atoms with Crippen LogP contribution in [0.25, 0.3) is 10.2 Å². The lowest BCUT2D eigenvalue weighted by Gasteiger charge is -2.19. The Balaban J connectivity index is 1.64. The van der Waals surface area contributed by atoms with Crippen LogP contribution in [-0.4, -0.2) is 39.6 Å². The minimum atomic E-state index is 0.174. The summed E-state index contributed by atoms with van der Waals surface area (Å²) in [7, 11) is 0. The molecular formula is C14H16ClN3OS2. The summed E-state index contributed by atoms with van der Waals surface area (Å²) in [5, 5.41) is 3.87. The fourth-order valence-corrected chi connectivity index (χ4v) is 4.31. The smallest absolute Gasteiger partial charge is 0.233 e. The standard InChI is InChI=1S/C14H16ClN3OS2/c15-12-10-5-8-20-13(10)17-14(16-12)21-9-11(19)18-6-3-1-2-4-7-18/h5,8H,1-4,6-7,9H2. The van der Waals surface area contributed by atoms with Gasteiger partial charge < -0.3 is 4.90 Å². The summed E-state index contributed by atoms with van der Waals surface area (Å²) >= 11 is 9.04. The van der Waals surface area contributed by atoms with Crippen molar-refractivity contribution in [2.24, 2.45) is 0 Å². The highest BCUT2D eigenvalue weighted by atomic mass is 35.5. The molecule has 1 fully saturated rings. The molecule has 0 aromatic carbocycles. The first-order valence-electron chi connectivity index (χ1n) is 7.05. The lowest BCUT2D eigenvalue weighted by atomic mass is 10.2. The van der Waals surface area contributed by atoms with Crippen molar-refractivity contribution in [2.75, 3.05) is 18.8 Å². The SMILES string of the molecule is O=C(CSc1nc(Cl)c2ccsc2n1)N1CCCCCC1. The molecule has 0 N–H and O–H groups in total. The van der Waals surface area contributed by atoms with E-state index in [-0.39, 0.29) is 5.91 Å². The number of thiophene rings is 1. The van der Waals surface area contributed by atoms with Gasteiger partial charge in [0.1, 0.15) is 9.98 Å². The average Bonchev–Trinajstić information content (AvgIpc) is 2.79. The van der Waals surface area contributed by atoms with Crippen LogP contribution in [-0.2, 0) is 4.79 Å². The number of carbonyl (C=O) groups is 1. The van der Waals surface area contributed by atoms with Gasteiger partial charge in [-0.2, -0.15) is 0 Å². The molecule has 0 radical (unpaired) electrons. The van der Waals surface area contributed by atoms with Gasteiger partial charge in [0.05, 0.1) is 5.75 Å². The van der Waals surface area contributed by atoms with Crippen LogP contribution in [0.15, 0.2) is 16.6 Å². The number of thioether (sulfide) groups is 1. The minimum absolute atomic E-state index is 0.174. The second kappa shape index (κ2) is 6.94. The monoisotopic (exact) mass is 341 g/mol. The maximum Gasteiger partial charge on any atom is 0.233 e. The van der Waals surface area contributed by atoms with Crippen LogP contribution in [0.4, 0.5) is 0 Å². The summed E-state index contributed by atoms with van der Waals surface area (Å²) in [5.41, 5.74) is 0. The average molecular weight is 342 g/mol. The second-order valence-electron chi connectivity index (χ2n) is 5.02. The number of aromatic nitrogens is 2. The Labute approximate surface area is 136 Å². The van der Waals surface area contributed by atoms with Crippen molar-refractivity contribution >= 4 is 50.8 Å². The Bertz CT molecular complexity index is 638. The van der Waals surface area contributed by atoms with Crippen molar-refractivity contribution in [1.29, 1.82) is 0 Å². The molecule has 0 bridgehead atoms. The molecule has 112 valence electrons. The number of carbonyl (C=O) groups excluding carboxylic acids is 1. The number of fused-ring (bicyclic) bond motifs is 1. The van der Waals surface area contributed by atoms with Crippen molar-refractivity contribution in [3.63, 3.8) is 0 Å². The van der Waals surface area contributed by atoms with Crippen LogP contribution >= 0.6 is 34.7 Å². The normalized spacial score (nSPS) is 16.1. The number of halogens is 1. The third-order valence-electron chi connectivity index (χ3n) is 3.54. The van der Waals surface area contributed by atoms with Crippen molar-refractivity contribution < 1.29 is 4.79 Å². The van der Waals surface area contributed by atoms with Crippen LogP contribution in [0.3, 0.4) is 0 Å². The quantitative estimate of drug-likeness (QED) is 0.483. The van der Waals surface area contributed by atoms with Crippen molar-refractivity contribution in [3.05, 3.63) is 16.6 Å². The molecule has 1 saturated heterocycles. The van der Waals surface area contributed by atoms with Gasteiger partial charge in [-0.3, -0.25) is 4.79 Å². The number of nitrogens with zero attached hydrogens (tertiary/aromatic N) is 3. The largest absolute Gasteiger partial charge is 0.342 e. The topological polar surface area (TPSA) is 46.1 Å². The second-order valence-corrected chi connectivity index (χ2v) is 7.22. The van der Waals surface area contributed by atoms with E-state index in [0.29, 0.717) is 16.1 Å². The van der Waals surface area contributed by atoms with Gasteiger partial charge in [0.2, 0.25) is 5.91 Å². The summed E-state index contributed by atoms with van der Waals surface area (Å²) < 4.78 is 0. The Morgan fingerprint density at radius 2 is 2.05 bits per heavy atom. The Kier molecular flexibility index (Phi) is 4.98. The summed E-state index contributed by atoms with van der Waals surface area (Å²) in [5.74, 6) is 0.556. The highest BCUT2D eigenvalue weighted by molar-refractivity contribution is 7.99. The maximum atomic E-state index is 12.2. The molecule has 1 aliphatic heterocycles. The molecule has 4 nitrogen and oxygen atoms in total. The van der Waals surface area contributed by atoms with Crippen molar-refractivity contribution in [1.82, 2.24) is 14.9 Å². The predicted molar refractivity (Wildman–Crippen MR) is 88.2 cm³/mol. The van der Waals surface area contributed by atoms with Crippen molar-refractivity contribution in [3.8, 4) is 0 Å². The summed E-state index contributed by atoms with van der Waals surface area (Å²) in [6.07, 6.45) is 4.68. The molecular weight excluding hydrogens is 326 g/mol. The van der Waals surface area contributed by atoms with Crippen LogP contribution in [0.5, 0.6) is 0 Å². The molecule has 0 aliphatic carbocycles. The fraction of sp³-hybridized carbons (Fsp3) is 0.500. The third kappa shape index (κ3) is 3.67. The maximum absolute atomic E-state index is 12.2. The molecule has 2 aromatic heterocycles. The van der Waals surface area contributed by atoms with Gasteiger partial charge in [-0.25, -0.2) is 9.97 Å². The van der Waals surface area contributed by atoms with Crippen molar-refractivity contribution in [2.45, 2.75) is 30.8 Å². The molecule has 0 atom stereocenters. The molecule has 1 amide bonds. The number of likely N-dealkylation sites (tertiary alicyclic amines) is 1. The van der Waals surface area contributed by atoms with Gasteiger partial charge in [-0.1, -0.05) is 36.2 Å². The van der Waals surface area contributed by atoms with Crippen LogP contribution < -0.4 is 0 Å². The van der Waals surface area contributed by atoms with Crippen LogP contribution in [0, 0.1) is 0 Å². The van der Waals surface area contributed by atoms with Gasteiger partial charge in [-0.15, -0.1) is 11.3 Å². The van der Waals surface area contributed by atoms with E-state index < -0.39 is 0 Å². The van der Waals surface area contributed by atoms with E-state index in [9.17, 15) is 4.79 Å². The van der Waals surface area contributed by atoms with Crippen LogP contribution in [0.1, 0.15) is 25.7 Å². The first kappa shape index (κ1) is 15.1. The molecule has 7 heteroatoms. The number of hydrogen-bond donors (Lipinski definition) is 0. The molecule has 1 aliphatic rings. The number of amides is 1. The lowest BCUT2D eigenvalue weighted by molar-refractivity contribution is -0.128. The number of hydrogen-bond acceptors (Lipinski definition) is 5. The van der Waals surface area contributed by atoms with Gasteiger partial charge in [-0.05, 0) is 24.3 Å². The molecule has 0 saturated carbocycles. The third-order valence-corrected chi connectivity index (χ3v) is 5.47. The van der Waals surface area contributed by atoms with E-state index in [2.05, 4.69) is 9.97 Å². The molecule has 0 unspecified atom stereocenters. The molecule has 3 rings (SSSR count). The fourth-order valence-electron chi connectivity index (χ4n) is 2.40. The van der Waals surface area contributed by atoms with E-state index in [4.69, 9.17) is 11.6 Å². The summed E-state index contributed by atoms with van der Waals surface area (Å²) in [6.45, 7) is 1.76. The van der Waals surface area contributed by atoms with E-state index >= 15 is 0 Å². The summed E-state index contributed by atoms with van der Waals surface area (Å²) in [4.78, 5) is 23.8. The molecule has 3 heterocycles. The first-order chi connectivity index (χ1) is 10.2. The van der Waals surface area contributed by atoms with E-state index in [1.807, 2.05) is 16.3 Å². The highest BCUT2D eigenvalue weighted by Gasteiger charge is 2.16. The Hall–Kier alpha value is -0.850. The first-order valence-corrected chi connectivity index (χ1v) is 9.29. The van der Waals surface area contributed by atoms with Crippen LogP contribution in [0.2, 0.25) is 5.15 Å². The lowest BCUT2D eigenvalue weighted by Crippen LogP contribution is -2.33. The van der Waals surface area contributed by atoms with Gasteiger partial charge in [0.15, 0.2) is 5.16 Å². The number of rotatable bonds is 3. The van der Waals surface area contributed by atoms with Gasteiger partial charge in [0, 0.05) is 18.5 Å². The zero-order valence-electron chi connectivity index (χ0n) is 11.5. The summed E-state index contributed by atoms with van der Waals surface area (Å²) in [6, 6.07) is 1.92. The van der Waals surface area contributed by atoms with Gasteiger partial charge in [0.25, 0.3) is 0 Å². The molecule has 0 spiro atoms. The zero-order valence-corrected chi connectivity index (χ0v) is 13.9. The zero-order chi connectivity index (χ0) is 14.7. The van der Waals surface area contributed by atoms with E-state index in [1.54, 1.807) is 0 Å². The molecule has 2 aromatic rings. The van der Waals surface area contributed by atoms with E-state index in [0.717, 1.165) is 36.1 Å². The Morgan fingerprint density at radius 3 is 2.81 bits per heavy atom. The van der Waals surface area contributed by atoms with E-state index in [1.165, 1.54) is 35.9 Å².